The minimum Gasteiger partial charge on any atom is -0.475 e. The third-order valence-corrected chi connectivity index (χ3v) is 8.30. The molecule has 0 spiro atoms. The summed E-state index contributed by atoms with van der Waals surface area (Å²) in [5, 5.41) is 10.4. The van der Waals surface area contributed by atoms with E-state index in [9.17, 15) is 26.4 Å². The Bertz CT molecular complexity index is 1010. The highest BCUT2D eigenvalue weighted by Crippen LogP contribution is 2.22. The second kappa shape index (κ2) is 14.1. The number of aryl methyl sites for hydroxylation is 2. The zero-order chi connectivity index (χ0) is 27.6. The lowest BCUT2D eigenvalue weighted by Gasteiger charge is -2.31. The van der Waals surface area contributed by atoms with Gasteiger partial charge in [-0.25, -0.2) is 13.2 Å². The predicted molar refractivity (Wildman–Crippen MR) is 133 cm³/mol. The van der Waals surface area contributed by atoms with Gasteiger partial charge in [0.2, 0.25) is 15.9 Å². The summed E-state index contributed by atoms with van der Waals surface area (Å²) in [6.45, 7) is 9.80. The van der Waals surface area contributed by atoms with Crippen LogP contribution in [0.4, 0.5) is 13.2 Å². The zero-order valence-electron chi connectivity index (χ0n) is 21.4. The van der Waals surface area contributed by atoms with Gasteiger partial charge in [-0.15, -0.1) is 0 Å². The number of carboxylic acid groups (broad SMARTS) is 1. The number of halogens is 3. The van der Waals surface area contributed by atoms with Gasteiger partial charge in [0.25, 0.3) is 0 Å². The number of hydrogen-bond donors (Lipinski definition) is 2. The monoisotopic (exact) mass is 550 g/mol. The van der Waals surface area contributed by atoms with Gasteiger partial charge in [0.15, 0.2) is 0 Å². The van der Waals surface area contributed by atoms with Crippen LogP contribution in [0.1, 0.15) is 36.8 Å². The normalized spacial score (nSPS) is 17.3. The summed E-state index contributed by atoms with van der Waals surface area (Å²) >= 11 is 0. The SMILES string of the molecule is Cc1ccc(C)c(S(=O)(=O)N(CCCN2CCCCC2)CC(=O)N2CCNCC2)c1.O=C(O)C(F)(F)F. The summed E-state index contributed by atoms with van der Waals surface area (Å²) < 4.78 is 60.2. The van der Waals surface area contributed by atoms with E-state index in [4.69, 9.17) is 9.90 Å². The molecule has 0 unspecified atom stereocenters. The number of alkyl halides is 3. The number of rotatable bonds is 8. The third-order valence-electron chi connectivity index (χ3n) is 6.32. The van der Waals surface area contributed by atoms with Crippen molar-refractivity contribution in [1.82, 2.24) is 19.4 Å². The van der Waals surface area contributed by atoms with Crippen molar-refractivity contribution < 1.29 is 36.3 Å². The molecule has 1 aromatic carbocycles. The Hall–Kier alpha value is -2.22. The van der Waals surface area contributed by atoms with Crippen LogP contribution in [0.15, 0.2) is 23.1 Å². The van der Waals surface area contributed by atoms with E-state index >= 15 is 0 Å². The fraction of sp³-hybridized carbons (Fsp3) is 0.667. The van der Waals surface area contributed by atoms with E-state index in [1.807, 2.05) is 26.0 Å². The molecule has 37 heavy (non-hydrogen) atoms. The van der Waals surface area contributed by atoms with Crippen molar-refractivity contribution in [2.75, 3.05) is 58.9 Å². The van der Waals surface area contributed by atoms with E-state index in [2.05, 4.69) is 10.2 Å². The second-order valence-electron chi connectivity index (χ2n) is 9.30. The number of benzene rings is 1. The molecular formula is C24H37F3N4O5S. The van der Waals surface area contributed by atoms with Crippen LogP contribution in [0.25, 0.3) is 0 Å². The number of piperazine rings is 1. The van der Waals surface area contributed by atoms with Gasteiger partial charge in [-0.3, -0.25) is 4.79 Å². The van der Waals surface area contributed by atoms with Crippen molar-refractivity contribution >= 4 is 21.9 Å². The molecule has 3 rings (SSSR count). The number of aliphatic carboxylic acids is 1. The molecule has 2 fully saturated rings. The molecule has 13 heteroatoms. The van der Waals surface area contributed by atoms with Gasteiger partial charge in [0, 0.05) is 32.7 Å². The highest BCUT2D eigenvalue weighted by Gasteiger charge is 2.38. The number of amides is 1. The minimum absolute atomic E-state index is 0.0876. The first-order chi connectivity index (χ1) is 17.3. The van der Waals surface area contributed by atoms with Crippen LogP contribution in [0, 0.1) is 13.8 Å². The Morgan fingerprint density at radius 2 is 1.65 bits per heavy atom. The number of carbonyl (C=O) groups excluding carboxylic acids is 1. The van der Waals surface area contributed by atoms with Gasteiger partial charge in [-0.1, -0.05) is 18.6 Å². The molecule has 1 amide bonds. The number of piperidine rings is 1. The third kappa shape index (κ3) is 9.87. The smallest absolute Gasteiger partial charge is 0.475 e. The standard InChI is InChI=1S/C22H36N4O3S.C2HF3O2/c1-19-7-8-20(2)21(17-19)30(28,29)26(14-6-13-24-11-4-3-5-12-24)18-22(27)25-15-9-23-10-16-25;3-2(4,5)1(6)7/h7-8,17,23H,3-6,9-16,18H2,1-2H3;(H,6,7). The van der Waals surface area contributed by atoms with E-state index in [1.165, 1.54) is 23.6 Å². The van der Waals surface area contributed by atoms with Crippen LogP contribution in [-0.2, 0) is 19.6 Å². The summed E-state index contributed by atoms with van der Waals surface area (Å²) in [4.78, 5) is 26.3. The molecule has 0 atom stereocenters. The average molecular weight is 551 g/mol. The lowest BCUT2D eigenvalue weighted by Crippen LogP contribution is -2.50. The predicted octanol–water partition coefficient (Wildman–Crippen LogP) is 2.24. The van der Waals surface area contributed by atoms with Crippen molar-refractivity contribution in [1.29, 1.82) is 0 Å². The number of carboxylic acids is 1. The van der Waals surface area contributed by atoms with Crippen molar-refractivity contribution in [3.63, 3.8) is 0 Å². The van der Waals surface area contributed by atoms with Crippen LogP contribution in [-0.4, -0.2) is 105 Å². The molecule has 0 bridgehead atoms. The lowest BCUT2D eigenvalue weighted by molar-refractivity contribution is -0.192. The van der Waals surface area contributed by atoms with E-state index in [-0.39, 0.29) is 12.5 Å². The molecule has 210 valence electrons. The molecule has 9 nitrogen and oxygen atoms in total. The first-order valence-electron chi connectivity index (χ1n) is 12.4. The Balaban J connectivity index is 0.000000604. The van der Waals surface area contributed by atoms with E-state index in [0.29, 0.717) is 24.5 Å². The molecular weight excluding hydrogens is 513 g/mol. The quantitative estimate of drug-likeness (QED) is 0.511. The molecule has 0 aromatic heterocycles. The molecule has 0 aliphatic carbocycles. The van der Waals surface area contributed by atoms with E-state index in [1.54, 1.807) is 11.0 Å². The Morgan fingerprint density at radius 1 is 1.05 bits per heavy atom. The first-order valence-corrected chi connectivity index (χ1v) is 13.8. The van der Waals surface area contributed by atoms with E-state index < -0.39 is 22.2 Å². The van der Waals surface area contributed by atoms with Crippen molar-refractivity contribution in [2.45, 2.75) is 50.6 Å². The number of nitrogens with one attached hydrogen (secondary N) is 1. The Labute approximate surface area is 216 Å². The summed E-state index contributed by atoms with van der Waals surface area (Å²) in [7, 11) is -3.74. The maximum Gasteiger partial charge on any atom is 0.490 e. The summed E-state index contributed by atoms with van der Waals surface area (Å²) in [6.07, 6.45) is -0.639. The summed E-state index contributed by atoms with van der Waals surface area (Å²) in [5.41, 5.74) is 1.62. The van der Waals surface area contributed by atoms with Gasteiger partial charge in [0.1, 0.15) is 0 Å². The van der Waals surface area contributed by atoms with Crippen LogP contribution in [0.2, 0.25) is 0 Å². The van der Waals surface area contributed by atoms with E-state index in [0.717, 1.165) is 50.3 Å². The molecule has 2 N–H and O–H groups in total. The Morgan fingerprint density at radius 3 is 2.22 bits per heavy atom. The number of nitrogens with zero attached hydrogens (tertiary/aromatic N) is 3. The minimum atomic E-state index is -5.08. The molecule has 2 heterocycles. The van der Waals surface area contributed by atoms with Gasteiger partial charge >= 0.3 is 12.1 Å². The fourth-order valence-electron chi connectivity index (χ4n) is 4.23. The van der Waals surface area contributed by atoms with Gasteiger partial charge < -0.3 is 20.2 Å². The average Bonchev–Trinajstić information content (AvgIpc) is 2.85. The highest BCUT2D eigenvalue weighted by atomic mass is 32.2. The van der Waals surface area contributed by atoms with Crippen molar-refractivity contribution in [3.8, 4) is 0 Å². The number of hydrogen-bond acceptors (Lipinski definition) is 6. The second-order valence-corrected chi connectivity index (χ2v) is 11.2. The fourth-order valence-corrected chi connectivity index (χ4v) is 5.97. The maximum atomic E-state index is 13.5. The maximum absolute atomic E-state index is 13.5. The van der Waals surface area contributed by atoms with Gasteiger partial charge in [0.05, 0.1) is 11.4 Å². The molecule has 2 saturated heterocycles. The van der Waals surface area contributed by atoms with Gasteiger partial charge in [-0.2, -0.15) is 17.5 Å². The molecule has 0 radical (unpaired) electrons. The Kier molecular flexibility index (Phi) is 11.8. The first kappa shape index (κ1) is 31.0. The zero-order valence-corrected chi connectivity index (χ0v) is 22.2. The van der Waals surface area contributed by atoms with Crippen molar-refractivity contribution in [2.24, 2.45) is 0 Å². The number of likely N-dealkylation sites (tertiary alicyclic amines) is 1. The topological polar surface area (TPSA) is 110 Å². The van der Waals surface area contributed by atoms with Gasteiger partial charge in [-0.05, 0) is 69.9 Å². The molecule has 2 aliphatic rings. The molecule has 1 aromatic rings. The van der Waals surface area contributed by atoms with Crippen LogP contribution >= 0.6 is 0 Å². The number of carbonyl (C=O) groups is 2. The van der Waals surface area contributed by atoms with Crippen LogP contribution < -0.4 is 5.32 Å². The highest BCUT2D eigenvalue weighted by molar-refractivity contribution is 7.89. The number of sulfonamides is 1. The molecule has 2 aliphatic heterocycles. The molecule has 0 saturated carbocycles. The largest absolute Gasteiger partial charge is 0.490 e. The summed E-state index contributed by atoms with van der Waals surface area (Å²) in [5.74, 6) is -2.86. The van der Waals surface area contributed by atoms with Crippen LogP contribution in [0.5, 0.6) is 0 Å². The van der Waals surface area contributed by atoms with Crippen molar-refractivity contribution in [3.05, 3.63) is 29.3 Å². The van der Waals surface area contributed by atoms with Crippen LogP contribution in [0.3, 0.4) is 0 Å². The lowest BCUT2D eigenvalue weighted by atomic mass is 10.1. The summed E-state index contributed by atoms with van der Waals surface area (Å²) in [6, 6.07) is 5.48.